The number of nitrogens with one attached hydrogen (secondary N) is 2. The minimum Gasteiger partial charge on any atom is -0.463 e. The summed E-state index contributed by atoms with van der Waals surface area (Å²) < 4.78 is 5.34. The maximum absolute atomic E-state index is 5.93. The van der Waals surface area contributed by atoms with Crippen LogP contribution in [0.5, 0.6) is 0 Å². The van der Waals surface area contributed by atoms with Crippen LogP contribution < -0.4 is 10.3 Å². The van der Waals surface area contributed by atoms with Crippen molar-refractivity contribution >= 4 is 17.3 Å². The highest BCUT2D eigenvalue weighted by atomic mass is 35.5. The lowest BCUT2D eigenvalue weighted by Crippen LogP contribution is -3.13. The summed E-state index contributed by atoms with van der Waals surface area (Å²) in [5.74, 6) is 0.788. The third-order valence-electron chi connectivity index (χ3n) is 3.95. The number of benzene rings is 1. The molecule has 0 spiro atoms. The van der Waals surface area contributed by atoms with E-state index in [1.165, 1.54) is 5.56 Å². The van der Waals surface area contributed by atoms with Crippen molar-refractivity contribution in [1.82, 2.24) is 10.4 Å². The lowest BCUT2D eigenvalue weighted by molar-refractivity contribution is -0.918. The van der Waals surface area contributed by atoms with E-state index in [4.69, 9.17) is 16.0 Å². The zero-order valence-corrected chi connectivity index (χ0v) is 13.3. The quantitative estimate of drug-likeness (QED) is 0.882. The number of furan rings is 1. The third kappa shape index (κ3) is 3.91. The monoisotopic (exact) mass is 318 g/mol. The second-order valence-electron chi connectivity index (χ2n) is 5.61. The number of hydrazine groups is 1. The number of rotatable bonds is 5. The first-order chi connectivity index (χ1) is 10.7. The van der Waals surface area contributed by atoms with Crippen LogP contribution in [0.15, 0.2) is 53.7 Å². The van der Waals surface area contributed by atoms with Gasteiger partial charge in [0.25, 0.3) is 0 Å². The Morgan fingerprint density at radius 2 is 1.95 bits per heavy atom. The van der Waals surface area contributed by atoms with Crippen LogP contribution in [0.4, 0.5) is 0 Å². The van der Waals surface area contributed by atoms with E-state index in [2.05, 4.69) is 29.1 Å². The largest absolute Gasteiger partial charge is 0.463 e. The van der Waals surface area contributed by atoms with Gasteiger partial charge in [0.15, 0.2) is 0 Å². The van der Waals surface area contributed by atoms with Crippen molar-refractivity contribution in [2.24, 2.45) is 0 Å². The number of quaternary nitrogens is 1. The van der Waals surface area contributed by atoms with Gasteiger partial charge in [-0.2, -0.15) is 0 Å². The van der Waals surface area contributed by atoms with E-state index in [9.17, 15) is 0 Å². The molecule has 0 bridgehead atoms. The Labute approximate surface area is 135 Å². The Morgan fingerprint density at radius 1 is 1.23 bits per heavy atom. The molecular weight excluding hydrogens is 298 g/mol. The lowest BCUT2D eigenvalue weighted by Gasteiger charge is -2.33. The van der Waals surface area contributed by atoms with Gasteiger partial charge in [-0.1, -0.05) is 30.3 Å². The number of piperazine rings is 1. The average Bonchev–Trinajstić information content (AvgIpc) is 3.06. The fraction of sp³-hybridized carbons (Fsp3) is 0.294. The van der Waals surface area contributed by atoms with Crippen LogP contribution in [-0.4, -0.2) is 31.2 Å². The summed E-state index contributed by atoms with van der Waals surface area (Å²) in [6.45, 7) is 9.24. The smallest absolute Gasteiger partial charge is 0.150 e. The van der Waals surface area contributed by atoms with Crippen molar-refractivity contribution in [3.8, 4) is 0 Å². The summed E-state index contributed by atoms with van der Waals surface area (Å²) in [5, 5.41) is 3.00. The second-order valence-corrected chi connectivity index (χ2v) is 6.04. The summed E-state index contributed by atoms with van der Waals surface area (Å²) >= 11 is 5.93. The molecule has 2 N–H and O–H groups in total. The zero-order valence-electron chi connectivity index (χ0n) is 12.5. The molecule has 2 aromatic rings. The molecular formula is C17H21ClN3O+. The van der Waals surface area contributed by atoms with E-state index in [1.54, 1.807) is 11.2 Å². The molecule has 0 amide bonds. The minimum atomic E-state index is 0.788. The van der Waals surface area contributed by atoms with Gasteiger partial charge in [0.05, 0.1) is 38.1 Å². The summed E-state index contributed by atoms with van der Waals surface area (Å²) in [6.07, 6.45) is 1.66. The van der Waals surface area contributed by atoms with Crippen LogP contribution in [0.25, 0.3) is 5.70 Å². The normalized spacial score (nSPS) is 16.6. The first-order valence-corrected chi connectivity index (χ1v) is 7.91. The van der Waals surface area contributed by atoms with Crippen LogP contribution in [0.1, 0.15) is 11.3 Å². The van der Waals surface area contributed by atoms with Crippen molar-refractivity contribution in [2.75, 3.05) is 26.2 Å². The van der Waals surface area contributed by atoms with E-state index in [0.717, 1.165) is 49.2 Å². The zero-order chi connectivity index (χ0) is 15.4. The molecule has 0 saturated carbocycles. The Balaban J connectivity index is 1.46. The van der Waals surface area contributed by atoms with E-state index in [0.29, 0.717) is 0 Å². The summed E-state index contributed by atoms with van der Waals surface area (Å²) in [5.41, 5.74) is 5.47. The molecule has 1 aliphatic rings. The molecule has 2 heterocycles. The Hall–Kier alpha value is -1.75. The maximum atomic E-state index is 5.93. The van der Waals surface area contributed by atoms with Crippen LogP contribution in [0.3, 0.4) is 0 Å². The van der Waals surface area contributed by atoms with Gasteiger partial charge in [0.2, 0.25) is 0 Å². The molecule has 22 heavy (non-hydrogen) atoms. The molecule has 0 aliphatic carbocycles. The van der Waals surface area contributed by atoms with Gasteiger partial charge in [0, 0.05) is 10.6 Å². The fourth-order valence-corrected chi connectivity index (χ4v) is 2.82. The average molecular weight is 319 g/mol. The van der Waals surface area contributed by atoms with Gasteiger partial charge in [-0.15, -0.1) is 0 Å². The Kier molecular flexibility index (Phi) is 4.83. The first kappa shape index (κ1) is 15.2. The van der Waals surface area contributed by atoms with Crippen molar-refractivity contribution in [2.45, 2.75) is 6.54 Å². The SMILES string of the molecule is C=C(NN1CC[NH+](Cc2ccc(Cl)cc2)CC1)c1ccco1. The van der Waals surface area contributed by atoms with Crippen LogP contribution in [-0.2, 0) is 6.54 Å². The number of halogens is 1. The van der Waals surface area contributed by atoms with Crippen molar-refractivity contribution in [3.05, 3.63) is 65.6 Å². The molecule has 1 aromatic heterocycles. The maximum Gasteiger partial charge on any atom is 0.150 e. The third-order valence-corrected chi connectivity index (χ3v) is 4.20. The molecule has 3 rings (SSSR count). The van der Waals surface area contributed by atoms with Crippen LogP contribution in [0.2, 0.25) is 5.02 Å². The van der Waals surface area contributed by atoms with Gasteiger partial charge in [0.1, 0.15) is 12.3 Å². The van der Waals surface area contributed by atoms with Gasteiger partial charge >= 0.3 is 0 Å². The van der Waals surface area contributed by atoms with Crippen molar-refractivity contribution < 1.29 is 9.32 Å². The summed E-state index contributed by atoms with van der Waals surface area (Å²) in [6, 6.07) is 11.9. The highest BCUT2D eigenvalue weighted by Gasteiger charge is 2.20. The van der Waals surface area contributed by atoms with Gasteiger partial charge in [-0.3, -0.25) is 0 Å². The molecule has 0 atom stereocenters. The van der Waals surface area contributed by atoms with Gasteiger partial charge in [-0.05, 0) is 24.3 Å². The van der Waals surface area contributed by atoms with E-state index >= 15 is 0 Å². The molecule has 0 radical (unpaired) electrons. The fourth-order valence-electron chi connectivity index (χ4n) is 2.70. The van der Waals surface area contributed by atoms with Crippen molar-refractivity contribution in [3.63, 3.8) is 0 Å². The second kappa shape index (κ2) is 7.01. The van der Waals surface area contributed by atoms with E-state index in [1.807, 2.05) is 24.3 Å². The standard InChI is InChI=1S/C17H20ClN3O/c1-14(17-3-2-12-22-17)19-21-10-8-20(9-11-21)13-15-4-6-16(18)7-5-15/h2-7,12,19H,1,8-11,13H2/p+1. The van der Waals surface area contributed by atoms with Gasteiger partial charge in [-0.25, -0.2) is 5.01 Å². The van der Waals surface area contributed by atoms with Gasteiger partial charge < -0.3 is 14.7 Å². The topological polar surface area (TPSA) is 32.9 Å². The molecule has 1 aliphatic heterocycles. The minimum absolute atomic E-state index is 0.788. The van der Waals surface area contributed by atoms with E-state index in [-0.39, 0.29) is 0 Å². The first-order valence-electron chi connectivity index (χ1n) is 7.53. The molecule has 1 aromatic carbocycles. The predicted octanol–water partition coefficient (Wildman–Crippen LogP) is 1.81. The number of nitrogens with zero attached hydrogens (tertiary/aromatic N) is 1. The molecule has 0 unspecified atom stereocenters. The molecule has 4 nitrogen and oxygen atoms in total. The summed E-state index contributed by atoms with van der Waals surface area (Å²) in [7, 11) is 0. The molecule has 1 saturated heterocycles. The predicted molar refractivity (Wildman–Crippen MR) is 88.3 cm³/mol. The molecule has 5 heteroatoms. The highest BCUT2D eigenvalue weighted by Crippen LogP contribution is 2.10. The van der Waals surface area contributed by atoms with Crippen LogP contribution in [0, 0.1) is 0 Å². The number of hydrogen-bond acceptors (Lipinski definition) is 3. The molecule has 116 valence electrons. The molecule has 1 fully saturated rings. The Morgan fingerprint density at radius 3 is 2.59 bits per heavy atom. The number of hydrogen-bond donors (Lipinski definition) is 2. The lowest BCUT2D eigenvalue weighted by atomic mass is 10.2. The van der Waals surface area contributed by atoms with Crippen molar-refractivity contribution in [1.29, 1.82) is 0 Å². The Bertz CT molecular complexity index is 601. The van der Waals surface area contributed by atoms with Crippen LogP contribution >= 0.6 is 11.6 Å². The highest BCUT2D eigenvalue weighted by molar-refractivity contribution is 6.30. The van der Waals surface area contributed by atoms with E-state index < -0.39 is 0 Å². The summed E-state index contributed by atoms with van der Waals surface area (Å²) in [4.78, 5) is 1.59.